The van der Waals surface area contributed by atoms with Crippen molar-refractivity contribution in [3.63, 3.8) is 0 Å². The minimum atomic E-state index is -0.330. The van der Waals surface area contributed by atoms with Crippen LogP contribution in [0.5, 0.6) is 0 Å². The van der Waals surface area contributed by atoms with Crippen LogP contribution in [0.2, 0.25) is 0 Å². The fraction of sp³-hybridized carbons (Fsp3) is 0.417. The van der Waals surface area contributed by atoms with Gasteiger partial charge >= 0.3 is 0 Å². The second-order valence-electron chi connectivity index (χ2n) is 4.02. The van der Waals surface area contributed by atoms with Crippen molar-refractivity contribution >= 4 is 18.3 Å². The van der Waals surface area contributed by atoms with Crippen molar-refractivity contribution in [2.24, 2.45) is 5.73 Å². The summed E-state index contributed by atoms with van der Waals surface area (Å²) in [5, 5.41) is 3.42. The van der Waals surface area contributed by atoms with Gasteiger partial charge in [-0.25, -0.2) is 0 Å². The third-order valence-electron chi connectivity index (χ3n) is 2.91. The highest BCUT2D eigenvalue weighted by atomic mass is 35.5. The van der Waals surface area contributed by atoms with E-state index < -0.39 is 0 Å². The molecule has 1 amide bonds. The van der Waals surface area contributed by atoms with Crippen LogP contribution in [0.4, 0.5) is 0 Å². The van der Waals surface area contributed by atoms with Crippen molar-refractivity contribution < 1.29 is 4.79 Å². The largest absolute Gasteiger partial charge is 0.366 e. The van der Waals surface area contributed by atoms with Crippen molar-refractivity contribution in [2.75, 3.05) is 6.54 Å². The third-order valence-corrected chi connectivity index (χ3v) is 2.91. The van der Waals surface area contributed by atoms with Crippen molar-refractivity contribution in [3.8, 4) is 0 Å². The minimum Gasteiger partial charge on any atom is -0.366 e. The molecule has 88 valence electrons. The molecule has 1 atom stereocenters. The first-order valence-corrected chi connectivity index (χ1v) is 5.38. The van der Waals surface area contributed by atoms with Crippen LogP contribution in [0, 0.1) is 0 Å². The maximum atomic E-state index is 11.2. The van der Waals surface area contributed by atoms with Gasteiger partial charge in [-0.05, 0) is 37.4 Å². The second-order valence-corrected chi connectivity index (χ2v) is 4.02. The van der Waals surface area contributed by atoms with E-state index in [0.717, 1.165) is 18.5 Å². The Morgan fingerprint density at radius 1 is 1.44 bits per heavy atom. The van der Waals surface area contributed by atoms with Gasteiger partial charge < -0.3 is 11.1 Å². The number of nitrogens with one attached hydrogen (secondary N) is 1. The molecule has 0 saturated carbocycles. The van der Waals surface area contributed by atoms with Gasteiger partial charge in [0, 0.05) is 11.6 Å². The molecule has 1 aromatic rings. The van der Waals surface area contributed by atoms with Gasteiger partial charge in [0.2, 0.25) is 5.91 Å². The predicted molar refractivity (Wildman–Crippen MR) is 66.9 cm³/mol. The number of hydrogen-bond acceptors (Lipinski definition) is 2. The fourth-order valence-corrected chi connectivity index (χ4v) is 2.14. The van der Waals surface area contributed by atoms with Gasteiger partial charge in [-0.2, -0.15) is 0 Å². The standard InChI is InChI=1S/C12H16N2O.ClH/c13-12(15)11-6-2-1-4-9(11)8-10-5-3-7-14-10;/h1-2,4,6,10,14H,3,5,7-8H2,(H2,13,15);1H/t10-;/m0./s1. The van der Waals surface area contributed by atoms with Gasteiger partial charge in [-0.1, -0.05) is 18.2 Å². The monoisotopic (exact) mass is 240 g/mol. The molecule has 0 aromatic heterocycles. The fourth-order valence-electron chi connectivity index (χ4n) is 2.14. The molecule has 1 aliphatic rings. The Hall–Kier alpha value is -1.06. The van der Waals surface area contributed by atoms with Crippen LogP contribution in [-0.4, -0.2) is 18.5 Å². The van der Waals surface area contributed by atoms with Gasteiger partial charge in [0.05, 0.1) is 0 Å². The maximum Gasteiger partial charge on any atom is 0.248 e. The molecule has 3 N–H and O–H groups in total. The molecule has 4 heteroatoms. The first-order chi connectivity index (χ1) is 7.27. The highest BCUT2D eigenvalue weighted by molar-refractivity contribution is 5.94. The zero-order chi connectivity index (χ0) is 10.7. The molecule has 0 unspecified atom stereocenters. The molecule has 0 bridgehead atoms. The van der Waals surface area contributed by atoms with E-state index in [1.807, 2.05) is 18.2 Å². The number of halogens is 1. The zero-order valence-electron chi connectivity index (χ0n) is 9.11. The Balaban J connectivity index is 0.00000128. The van der Waals surface area contributed by atoms with Crippen LogP contribution in [0.3, 0.4) is 0 Å². The SMILES string of the molecule is Cl.NC(=O)c1ccccc1C[C@@H]1CCCN1. The number of benzene rings is 1. The van der Waals surface area contributed by atoms with Gasteiger partial charge in [-0.15, -0.1) is 12.4 Å². The molecule has 1 saturated heterocycles. The summed E-state index contributed by atoms with van der Waals surface area (Å²) in [5.41, 5.74) is 7.05. The molecule has 0 radical (unpaired) electrons. The van der Waals surface area contributed by atoms with E-state index in [2.05, 4.69) is 5.32 Å². The number of carbonyl (C=O) groups excluding carboxylic acids is 1. The van der Waals surface area contributed by atoms with Crippen molar-refractivity contribution in [1.29, 1.82) is 0 Å². The number of rotatable bonds is 3. The summed E-state index contributed by atoms with van der Waals surface area (Å²) in [6, 6.07) is 8.10. The van der Waals surface area contributed by atoms with E-state index in [1.165, 1.54) is 12.8 Å². The summed E-state index contributed by atoms with van der Waals surface area (Å²) >= 11 is 0. The number of carbonyl (C=O) groups is 1. The lowest BCUT2D eigenvalue weighted by Gasteiger charge is -2.12. The zero-order valence-corrected chi connectivity index (χ0v) is 9.93. The van der Waals surface area contributed by atoms with Gasteiger partial charge in [0.25, 0.3) is 0 Å². The molecule has 2 rings (SSSR count). The molecular formula is C12H17ClN2O. The van der Waals surface area contributed by atoms with E-state index in [9.17, 15) is 4.79 Å². The molecule has 1 aromatic carbocycles. The van der Waals surface area contributed by atoms with E-state index in [1.54, 1.807) is 6.07 Å². The first-order valence-electron chi connectivity index (χ1n) is 5.38. The summed E-state index contributed by atoms with van der Waals surface area (Å²) in [4.78, 5) is 11.2. The van der Waals surface area contributed by atoms with Crippen molar-refractivity contribution in [3.05, 3.63) is 35.4 Å². The average molecular weight is 241 g/mol. The van der Waals surface area contributed by atoms with Crippen LogP contribution in [0.25, 0.3) is 0 Å². The smallest absolute Gasteiger partial charge is 0.248 e. The number of nitrogens with two attached hydrogens (primary N) is 1. The van der Waals surface area contributed by atoms with Gasteiger partial charge in [0.1, 0.15) is 0 Å². The Morgan fingerprint density at radius 3 is 2.81 bits per heavy atom. The second kappa shape index (κ2) is 5.87. The summed E-state index contributed by atoms with van der Waals surface area (Å²) in [6.07, 6.45) is 3.32. The number of amides is 1. The predicted octanol–water partition coefficient (Wildman–Crippen LogP) is 1.50. The lowest BCUT2D eigenvalue weighted by molar-refractivity contribution is 0.0999. The Labute approximate surface area is 102 Å². The minimum absolute atomic E-state index is 0. The van der Waals surface area contributed by atoms with E-state index >= 15 is 0 Å². The van der Waals surface area contributed by atoms with Gasteiger partial charge in [-0.3, -0.25) is 4.79 Å². The lowest BCUT2D eigenvalue weighted by Crippen LogP contribution is -2.25. The maximum absolute atomic E-state index is 11.2. The molecule has 0 aliphatic carbocycles. The number of primary amides is 1. The summed E-state index contributed by atoms with van der Waals surface area (Å²) in [6.45, 7) is 1.09. The van der Waals surface area contributed by atoms with E-state index in [-0.39, 0.29) is 18.3 Å². The summed E-state index contributed by atoms with van der Waals surface area (Å²) in [5.74, 6) is -0.330. The van der Waals surface area contributed by atoms with Gasteiger partial charge in [0.15, 0.2) is 0 Å². The van der Waals surface area contributed by atoms with Crippen LogP contribution in [0.1, 0.15) is 28.8 Å². The van der Waals surface area contributed by atoms with Crippen LogP contribution < -0.4 is 11.1 Å². The highest BCUT2D eigenvalue weighted by Gasteiger charge is 2.16. The molecular weight excluding hydrogens is 224 g/mol. The molecule has 16 heavy (non-hydrogen) atoms. The topological polar surface area (TPSA) is 55.1 Å². The quantitative estimate of drug-likeness (QED) is 0.842. The van der Waals surface area contributed by atoms with E-state index in [4.69, 9.17) is 5.73 Å². The summed E-state index contributed by atoms with van der Waals surface area (Å²) < 4.78 is 0. The lowest BCUT2D eigenvalue weighted by atomic mass is 9.99. The van der Waals surface area contributed by atoms with Crippen molar-refractivity contribution in [2.45, 2.75) is 25.3 Å². The molecule has 1 fully saturated rings. The van der Waals surface area contributed by atoms with Crippen molar-refractivity contribution in [1.82, 2.24) is 5.32 Å². The highest BCUT2D eigenvalue weighted by Crippen LogP contribution is 2.15. The third kappa shape index (κ3) is 2.97. The Morgan fingerprint density at radius 2 is 2.19 bits per heavy atom. The van der Waals surface area contributed by atoms with Crippen LogP contribution in [-0.2, 0) is 6.42 Å². The molecule has 1 heterocycles. The summed E-state index contributed by atoms with van der Waals surface area (Å²) in [7, 11) is 0. The Bertz CT molecular complexity index is 362. The van der Waals surface area contributed by atoms with Crippen LogP contribution >= 0.6 is 12.4 Å². The molecule has 1 aliphatic heterocycles. The molecule has 0 spiro atoms. The van der Waals surface area contributed by atoms with Crippen LogP contribution in [0.15, 0.2) is 24.3 Å². The van der Waals surface area contributed by atoms with E-state index in [0.29, 0.717) is 11.6 Å². The number of hydrogen-bond donors (Lipinski definition) is 2. The Kier molecular flexibility index (Phi) is 4.77. The normalized spacial score (nSPS) is 19.1. The average Bonchev–Trinajstić information content (AvgIpc) is 2.71. The first kappa shape index (κ1) is 13.0. The molecule has 3 nitrogen and oxygen atoms in total.